The first kappa shape index (κ1) is 8.15. The van der Waals surface area contributed by atoms with Crippen molar-refractivity contribution < 1.29 is 0 Å². The molecule has 0 unspecified atom stereocenters. The summed E-state index contributed by atoms with van der Waals surface area (Å²) in [5.74, 6) is 0. The molecule has 0 spiro atoms. The Labute approximate surface area is 54.6 Å². The monoisotopic (exact) mass is 109 g/mol. The number of rotatable bonds is 3. The van der Waals surface area contributed by atoms with Gasteiger partial charge in [0.25, 0.3) is 0 Å². The highest BCUT2D eigenvalue weighted by Gasteiger charge is 2.04. The summed E-state index contributed by atoms with van der Waals surface area (Å²) in [6.45, 7) is 7.35. The minimum Gasteiger partial charge on any atom is -0.436 e. The van der Waals surface area contributed by atoms with E-state index in [4.69, 9.17) is 0 Å². The van der Waals surface area contributed by atoms with Crippen molar-refractivity contribution >= 4 is 22.2 Å². The predicted molar refractivity (Wildman–Crippen MR) is 45.5 cm³/mol. The van der Waals surface area contributed by atoms with Crippen LogP contribution >= 0.6 is 0 Å². The van der Waals surface area contributed by atoms with Gasteiger partial charge in [0, 0.05) is 0 Å². The highest BCUT2D eigenvalue weighted by Crippen LogP contribution is 1.87. The Morgan fingerprint density at radius 2 is 2.12 bits per heavy atom. The maximum absolute atomic E-state index is 2.35. The highest BCUT2D eigenvalue weighted by atomic mass is 14.8. The van der Waals surface area contributed by atoms with Gasteiger partial charge in [-0.3, -0.25) is 0 Å². The third-order valence-corrected chi connectivity index (χ3v) is 1.46. The van der Waals surface area contributed by atoms with Crippen molar-refractivity contribution in [3.63, 3.8) is 0 Å². The van der Waals surface area contributed by atoms with Gasteiger partial charge >= 0.3 is 0 Å². The van der Waals surface area contributed by atoms with Crippen LogP contribution in [0.1, 0.15) is 6.92 Å². The molecule has 0 bridgehead atoms. The molecule has 0 aliphatic heterocycles. The Kier molecular flexibility index (Phi) is 4.15. The average Bonchev–Trinajstić information content (AvgIpc) is 1.67. The van der Waals surface area contributed by atoms with Crippen LogP contribution in [0.2, 0.25) is 20.0 Å². The van der Waals surface area contributed by atoms with Gasteiger partial charge in [0.1, 0.15) is 0 Å². The van der Waals surface area contributed by atoms with Crippen LogP contribution in [-0.2, 0) is 0 Å². The standard InChI is InChI=1S/C4H14B3N/c1-4-6-8(5)7(2)3/h6H,4-5H2,1-3H3. The van der Waals surface area contributed by atoms with E-state index in [-0.39, 0.29) is 0 Å². The molecule has 0 aromatic rings. The lowest BCUT2D eigenvalue weighted by atomic mass is 9.56. The predicted octanol–water partition coefficient (Wildman–Crippen LogP) is -0.123. The maximum atomic E-state index is 2.35. The minimum atomic E-state index is 0.704. The fourth-order valence-corrected chi connectivity index (χ4v) is 0.611. The maximum Gasteiger partial charge on any atom is 0.193 e. The van der Waals surface area contributed by atoms with Gasteiger partial charge in [0.05, 0.1) is 0 Å². The largest absolute Gasteiger partial charge is 0.436 e. The fraction of sp³-hybridized carbons (Fsp3) is 1.00. The lowest BCUT2D eigenvalue weighted by Gasteiger charge is -2.16. The number of nitrogens with zero attached hydrogens (tertiary/aromatic N) is 1. The molecule has 0 aromatic carbocycles. The lowest BCUT2D eigenvalue weighted by Crippen LogP contribution is -2.34. The third-order valence-electron chi connectivity index (χ3n) is 1.46. The topological polar surface area (TPSA) is 3.24 Å². The van der Waals surface area contributed by atoms with E-state index in [1.54, 1.807) is 0 Å². The molecule has 4 heteroatoms. The van der Waals surface area contributed by atoms with Gasteiger partial charge in [-0.25, -0.2) is 0 Å². The van der Waals surface area contributed by atoms with Gasteiger partial charge in [0.15, 0.2) is 22.2 Å². The Bertz CT molecular complexity index is 57.2. The first-order chi connectivity index (χ1) is 3.68. The van der Waals surface area contributed by atoms with E-state index >= 15 is 0 Å². The van der Waals surface area contributed by atoms with E-state index in [0.29, 0.717) is 6.85 Å². The summed E-state index contributed by atoms with van der Waals surface area (Å²) in [5.41, 5.74) is 0. The van der Waals surface area contributed by atoms with Gasteiger partial charge in [-0.05, 0) is 0 Å². The van der Waals surface area contributed by atoms with Crippen molar-refractivity contribution in [2.75, 3.05) is 0 Å². The van der Waals surface area contributed by atoms with Gasteiger partial charge in [0.2, 0.25) is 0 Å². The van der Waals surface area contributed by atoms with Crippen LogP contribution in [0.5, 0.6) is 0 Å². The van der Waals surface area contributed by atoms with Crippen LogP contribution in [0.25, 0.3) is 0 Å². The van der Waals surface area contributed by atoms with Crippen LogP contribution in [0, 0.1) is 0 Å². The first-order valence-corrected chi connectivity index (χ1v) is 3.38. The average molecular weight is 109 g/mol. The zero-order valence-electron chi connectivity index (χ0n) is 6.44. The van der Waals surface area contributed by atoms with Crippen molar-refractivity contribution in [2.24, 2.45) is 0 Å². The Balaban J connectivity index is 3.17. The molecule has 0 saturated carbocycles. The van der Waals surface area contributed by atoms with Gasteiger partial charge in [-0.15, -0.1) is 0 Å². The molecular weight excluding hydrogens is 94.5 g/mol. The second kappa shape index (κ2) is 4.08. The summed E-state index contributed by atoms with van der Waals surface area (Å²) in [7, 11) is 3.38. The van der Waals surface area contributed by atoms with E-state index in [0.717, 1.165) is 0 Å². The zero-order chi connectivity index (χ0) is 6.57. The van der Waals surface area contributed by atoms with Crippen LogP contribution < -0.4 is 0 Å². The number of hydrogen-bond donors (Lipinski definition) is 0. The van der Waals surface area contributed by atoms with E-state index in [1.165, 1.54) is 13.7 Å². The molecule has 0 N–H and O–H groups in total. The summed E-state index contributed by atoms with van der Waals surface area (Å²) < 4.78 is 2.35. The van der Waals surface area contributed by atoms with E-state index in [1.807, 2.05) is 0 Å². The van der Waals surface area contributed by atoms with Crippen molar-refractivity contribution in [1.82, 2.24) is 4.63 Å². The highest BCUT2D eigenvalue weighted by molar-refractivity contribution is 6.69. The number of hydrogen-bond acceptors (Lipinski definition) is 1. The van der Waals surface area contributed by atoms with Gasteiger partial charge < -0.3 is 4.63 Å². The molecule has 0 aromatic heterocycles. The third kappa shape index (κ3) is 3.19. The lowest BCUT2D eigenvalue weighted by molar-refractivity contribution is 1.06. The molecule has 0 fully saturated rings. The molecule has 0 radical (unpaired) electrons. The van der Waals surface area contributed by atoms with Crippen LogP contribution in [-0.4, -0.2) is 26.9 Å². The van der Waals surface area contributed by atoms with E-state index in [9.17, 15) is 0 Å². The van der Waals surface area contributed by atoms with Crippen molar-refractivity contribution in [1.29, 1.82) is 0 Å². The smallest absolute Gasteiger partial charge is 0.193 e. The summed E-state index contributed by atoms with van der Waals surface area (Å²) in [4.78, 5) is 0. The SMILES string of the molecule is BN(BCC)B(C)C. The van der Waals surface area contributed by atoms with Crippen LogP contribution in [0.4, 0.5) is 0 Å². The molecule has 0 heterocycles. The van der Waals surface area contributed by atoms with Crippen LogP contribution in [0.15, 0.2) is 0 Å². The Morgan fingerprint density at radius 3 is 2.25 bits per heavy atom. The molecule has 0 amide bonds. The second-order valence-electron chi connectivity index (χ2n) is 2.57. The van der Waals surface area contributed by atoms with E-state index < -0.39 is 0 Å². The molecular formula is C4H14B3N. The summed E-state index contributed by atoms with van der Waals surface area (Å²) >= 11 is 0. The Morgan fingerprint density at radius 1 is 1.62 bits per heavy atom. The molecule has 1 nitrogen and oxygen atoms in total. The minimum absolute atomic E-state index is 0.704. The Hall–Kier alpha value is 0.155. The molecule has 44 valence electrons. The quantitative estimate of drug-likeness (QED) is 0.456. The zero-order valence-corrected chi connectivity index (χ0v) is 6.44. The molecule has 0 aliphatic rings. The molecule has 0 saturated heterocycles. The first-order valence-electron chi connectivity index (χ1n) is 3.38. The molecule has 8 heavy (non-hydrogen) atoms. The molecule has 0 aliphatic carbocycles. The second-order valence-corrected chi connectivity index (χ2v) is 2.57. The normalized spacial score (nSPS) is 9.50. The fourth-order valence-electron chi connectivity index (χ4n) is 0.611. The molecule has 0 rings (SSSR count). The molecule has 0 atom stereocenters. The van der Waals surface area contributed by atoms with Gasteiger partial charge in [-0.2, -0.15) is 0 Å². The van der Waals surface area contributed by atoms with Crippen molar-refractivity contribution in [3.8, 4) is 0 Å². The summed E-state index contributed by atoms with van der Waals surface area (Å²) in [6.07, 6.45) is 1.26. The van der Waals surface area contributed by atoms with Crippen molar-refractivity contribution in [3.05, 3.63) is 0 Å². The summed E-state index contributed by atoms with van der Waals surface area (Å²) in [6, 6.07) is 0. The van der Waals surface area contributed by atoms with E-state index in [2.05, 4.69) is 33.2 Å². The van der Waals surface area contributed by atoms with Crippen LogP contribution in [0.3, 0.4) is 0 Å². The summed E-state index contributed by atoms with van der Waals surface area (Å²) in [5, 5.41) is 0. The van der Waals surface area contributed by atoms with Gasteiger partial charge in [-0.1, -0.05) is 26.9 Å². The van der Waals surface area contributed by atoms with Crippen molar-refractivity contribution in [2.45, 2.75) is 26.9 Å².